The number of aliphatic hydroxyl groups excluding tert-OH is 1. The molecule has 0 saturated carbocycles. The quantitative estimate of drug-likeness (QED) is 0.877. The zero-order valence-electron chi connectivity index (χ0n) is 8.11. The fraction of sp³-hybridized carbons (Fsp3) is 0.500. The van der Waals surface area contributed by atoms with Crippen molar-refractivity contribution >= 4 is 15.9 Å². The number of aromatic nitrogens is 1. The van der Waals surface area contributed by atoms with Crippen LogP contribution in [0.4, 0.5) is 0 Å². The van der Waals surface area contributed by atoms with Gasteiger partial charge in [-0.05, 0) is 35.0 Å². The van der Waals surface area contributed by atoms with E-state index in [0.717, 1.165) is 10.2 Å². The molecule has 0 amide bonds. The lowest BCUT2D eigenvalue weighted by Gasteiger charge is -2.09. The second kappa shape index (κ2) is 6.11. The molecule has 1 unspecified atom stereocenters. The van der Waals surface area contributed by atoms with Crippen molar-refractivity contribution in [3.05, 3.63) is 28.5 Å². The second-order valence-electron chi connectivity index (χ2n) is 2.99. The zero-order valence-corrected chi connectivity index (χ0v) is 9.70. The van der Waals surface area contributed by atoms with Crippen LogP contribution in [0.1, 0.15) is 12.6 Å². The van der Waals surface area contributed by atoms with Gasteiger partial charge in [0.05, 0.1) is 12.7 Å². The van der Waals surface area contributed by atoms with Gasteiger partial charge in [-0.15, -0.1) is 0 Å². The van der Waals surface area contributed by atoms with Crippen molar-refractivity contribution in [1.82, 2.24) is 4.98 Å². The van der Waals surface area contributed by atoms with Gasteiger partial charge in [-0.25, -0.2) is 0 Å². The maximum Gasteiger partial charge on any atom is 0.0828 e. The van der Waals surface area contributed by atoms with Crippen LogP contribution < -0.4 is 0 Å². The van der Waals surface area contributed by atoms with E-state index >= 15 is 0 Å². The molecule has 3 nitrogen and oxygen atoms in total. The number of ether oxygens (including phenoxy) is 1. The Bertz CT molecular complexity index is 263. The van der Waals surface area contributed by atoms with Crippen molar-refractivity contribution in [2.75, 3.05) is 13.2 Å². The average molecular weight is 260 g/mol. The van der Waals surface area contributed by atoms with E-state index in [1.54, 1.807) is 6.20 Å². The normalized spacial score (nSPS) is 12.8. The number of nitrogens with zero attached hydrogens (tertiary/aromatic N) is 1. The number of hydrogen-bond donors (Lipinski definition) is 1. The highest BCUT2D eigenvalue weighted by Gasteiger charge is 2.05. The summed E-state index contributed by atoms with van der Waals surface area (Å²) in [5.41, 5.74) is 0.875. The van der Waals surface area contributed by atoms with Crippen LogP contribution in [0.3, 0.4) is 0 Å². The molecule has 1 N–H and O–H groups in total. The molecule has 1 atom stereocenters. The van der Waals surface area contributed by atoms with Gasteiger partial charge in [0, 0.05) is 29.4 Å². The molecule has 4 heteroatoms. The van der Waals surface area contributed by atoms with Crippen LogP contribution in [0.5, 0.6) is 0 Å². The first-order valence-corrected chi connectivity index (χ1v) is 5.38. The Morgan fingerprint density at radius 2 is 2.36 bits per heavy atom. The van der Waals surface area contributed by atoms with E-state index in [0.29, 0.717) is 19.6 Å². The minimum Gasteiger partial charge on any atom is -0.390 e. The van der Waals surface area contributed by atoms with Gasteiger partial charge in [0.25, 0.3) is 0 Å². The van der Waals surface area contributed by atoms with Crippen molar-refractivity contribution in [2.45, 2.75) is 19.4 Å². The molecule has 1 rings (SSSR count). The maximum atomic E-state index is 9.53. The van der Waals surface area contributed by atoms with E-state index in [4.69, 9.17) is 4.74 Å². The predicted octanol–water partition coefficient (Wildman–Crippen LogP) is 1.78. The van der Waals surface area contributed by atoms with Crippen molar-refractivity contribution in [3.8, 4) is 0 Å². The van der Waals surface area contributed by atoms with E-state index < -0.39 is 6.10 Å². The van der Waals surface area contributed by atoms with Gasteiger partial charge in [0.2, 0.25) is 0 Å². The maximum absolute atomic E-state index is 9.53. The van der Waals surface area contributed by atoms with Gasteiger partial charge >= 0.3 is 0 Å². The Kier molecular flexibility index (Phi) is 5.07. The first-order valence-electron chi connectivity index (χ1n) is 4.58. The lowest BCUT2D eigenvalue weighted by atomic mass is 10.2. The van der Waals surface area contributed by atoms with Crippen molar-refractivity contribution in [1.29, 1.82) is 0 Å². The number of hydrogen-bond acceptors (Lipinski definition) is 3. The SMILES string of the molecule is CCOCC(O)Cc1ccc(Br)cn1. The summed E-state index contributed by atoms with van der Waals surface area (Å²) < 4.78 is 6.05. The average Bonchev–Trinajstić information content (AvgIpc) is 2.18. The standard InChI is InChI=1S/C10H14BrNO2/c1-2-14-7-10(13)5-9-4-3-8(11)6-12-9/h3-4,6,10,13H,2,5,7H2,1H3. The van der Waals surface area contributed by atoms with Crippen molar-refractivity contribution in [2.24, 2.45) is 0 Å². The van der Waals surface area contributed by atoms with Gasteiger partial charge in [0.1, 0.15) is 0 Å². The number of aliphatic hydroxyl groups is 1. The van der Waals surface area contributed by atoms with E-state index in [-0.39, 0.29) is 0 Å². The molecule has 0 saturated heterocycles. The minimum atomic E-state index is -0.469. The smallest absolute Gasteiger partial charge is 0.0828 e. The van der Waals surface area contributed by atoms with Crippen LogP contribution in [0.25, 0.3) is 0 Å². The fourth-order valence-corrected chi connectivity index (χ4v) is 1.32. The van der Waals surface area contributed by atoms with Crippen molar-refractivity contribution in [3.63, 3.8) is 0 Å². The van der Waals surface area contributed by atoms with Crippen LogP contribution in [-0.2, 0) is 11.2 Å². The summed E-state index contributed by atoms with van der Waals surface area (Å²) in [7, 11) is 0. The van der Waals surface area contributed by atoms with E-state index in [1.165, 1.54) is 0 Å². The highest BCUT2D eigenvalue weighted by Crippen LogP contribution is 2.08. The van der Waals surface area contributed by atoms with Gasteiger partial charge in [-0.3, -0.25) is 4.98 Å². The van der Waals surface area contributed by atoms with E-state index in [2.05, 4.69) is 20.9 Å². The predicted molar refractivity (Wildman–Crippen MR) is 58.1 cm³/mol. The Morgan fingerprint density at radius 3 is 2.93 bits per heavy atom. The largest absolute Gasteiger partial charge is 0.390 e. The summed E-state index contributed by atoms with van der Waals surface area (Å²) >= 11 is 3.30. The molecular weight excluding hydrogens is 246 g/mol. The molecule has 0 aliphatic heterocycles. The Hall–Kier alpha value is -0.450. The number of pyridine rings is 1. The summed E-state index contributed by atoms with van der Waals surface area (Å²) in [5, 5.41) is 9.53. The molecule has 0 aliphatic carbocycles. The number of rotatable bonds is 5. The molecule has 14 heavy (non-hydrogen) atoms. The molecule has 0 fully saturated rings. The monoisotopic (exact) mass is 259 g/mol. The second-order valence-corrected chi connectivity index (χ2v) is 3.90. The minimum absolute atomic E-state index is 0.369. The summed E-state index contributed by atoms with van der Waals surface area (Å²) in [6, 6.07) is 3.80. The molecule has 1 heterocycles. The molecular formula is C10H14BrNO2. The summed E-state index contributed by atoms with van der Waals surface area (Å²) in [6.07, 6.45) is 1.79. The summed E-state index contributed by atoms with van der Waals surface area (Å²) in [5.74, 6) is 0. The van der Waals surface area contributed by atoms with Crippen LogP contribution in [-0.4, -0.2) is 29.4 Å². The third kappa shape index (κ3) is 4.17. The van der Waals surface area contributed by atoms with Crippen LogP contribution in [0.15, 0.2) is 22.8 Å². The lowest BCUT2D eigenvalue weighted by Crippen LogP contribution is -2.18. The Balaban J connectivity index is 2.39. The highest BCUT2D eigenvalue weighted by atomic mass is 79.9. The van der Waals surface area contributed by atoms with Gasteiger partial charge in [-0.2, -0.15) is 0 Å². The number of halogens is 1. The molecule has 1 aromatic rings. The molecule has 78 valence electrons. The van der Waals surface area contributed by atoms with Gasteiger partial charge < -0.3 is 9.84 Å². The molecule has 0 aromatic carbocycles. The van der Waals surface area contributed by atoms with Crippen LogP contribution in [0, 0.1) is 0 Å². The zero-order chi connectivity index (χ0) is 10.4. The molecule has 1 aromatic heterocycles. The Morgan fingerprint density at radius 1 is 1.57 bits per heavy atom. The highest BCUT2D eigenvalue weighted by molar-refractivity contribution is 9.10. The van der Waals surface area contributed by atoms with E-state index in [9.17, 15) is 5.11 Å². The van der Waals surface area contributed by atoms with Crippen LogP contribution in [0.2, 0.25) is 0 Å². The molecule has 0 radical (unpaired) electrons. The van der Waals surface area contributed by atoms with Gasteiger partial charge in [-0.1, -0.05) is 0 Å². The third-order valence-corrected chi connectivity index (χ3v) is 2.22. The van der Waals surface area contributed by atoms with Gasteiger partial charge in [0.15, 0.2) is 0 Å². The topological polar surface area (TPSA) is 42.4 Å². The third-order valence-electron chi connectivity index (χ3n) is 1.75. The molecule has 0 spiro atoms. The van der Waals surface area contributed by atoms with Crippen LogP contribution >= 0.6 is 15.9 Å². The first kappa shape index (κ1) is 11.6. The van der Waals surface area contributed by atoms with E-state index in [1.807, 2.05) is 19.1 Å². The fourth-order valence-electron chi connectivity index (χ4n) is 1.08. The summed E-state index contributed by atoms with van der Waals surface area (Å²) in [6.45, 7) is 2.91. The lowest BCUT2D eigenvalue weighted by molar-refractivity contribution is 0.0425. The molecule has 0 aliphatic rings. The van der Waals surface area contributed by atoms with Crippen molar-refractivity contribution < 1.29 is 9.84 Å². The summed E-state index contributed by atoms with van der Waals surface area (Å²) in [4.78, 5) is 4.16. The molecule has 0 bridgehead atoms. The first-order chi connectivity index (χ1) is 6.72. The Labute approximate surface area is 92.3 Å².